The lowest BCUT2D eigenvalue weighted by molar-refractivity contribution is -0.129. The molecule has 0 spiro atoms. The van der Waals surface area contributed by atoms with E-state index in [-0.39, 0.29) is 5.91 Å². The number of imidazole rings is 1. The van der Waals surface area contributed by atoms with Gasteiger partial charge in [0.15, 0.2) is 4.34 Å². The number of thioether (sulfide) groups is 1. The summed E-state index contributed by atoms with van der Waals surface area (Å²) in [4.78, 5) is 24.0. The zero-order valence-corrected chi connectivity index (χ0v) is 19.5. The van der Waals surface area contributed by atoms with E-state index in [1.165, 1.54) is 21.3 Å². The summed E-state index contributed by atoms with van der Waals surface area (Å²) in [7, 11) is 0. The molecule has 3 heterocycles. The van der Waals surface area contributed by atoms with Gasteiger partial charge >= 0.3 is 0 Å². The van der Waals surface area contributed by atoms with Crippen LogP contribution in [0.5, 0.6) is 0 Å². The molecule has 7 heteroatoms. The molecule has 31 heavy (non-hydrogen) atoms. The third kappa shape index (κ3) is 4.34. The maximum absolute atomic E-state index is 12.7. The van der Waals surface area contributed by atoms with Crippen molar-refractivity contribution in [3.05, 3.63) is 53.9 Å². The molecular formula is C24H26N4OS2. The Balaban J connectivity index is 1.15. The van der Waals surface area contributed by atoms with Crippen LogP contribution in [0.25, 0.3) is 21.3 Å². The minimum Gasteiger partial charge on any atom is -0.342 e. The Kier molecular flexibility index (Phi) is 5.71. The number of nitrogens with zero attached hydrogens (tertiary/aromatic N) is 4. The number of piperidine rings is 1. The quantitative estimate of drug-likeness (QED) is 0.388. The second-order valence-electron chi connectivity index (χ2n) is 8.38. The van der Waals surface area contributed by atoms with E-state index in [0.717, 1.165) is 47.8 Å². The number of aryl methyl sites for hydroxylation is 2. The van der Waals surface area contributed by atoms with Crippen LogP contribution in [0.3, 0.4) is 0 Å². The molecule has 0 atom stereocenters. The third-order valence-corrected chi connectivity index (χ3v) is 8.42. The van der Waals surface area contributed by atoms with Crippen LogP contribution in [-0.4, -0.2) is 44.2 Å². The summed E-state index contributed by atoms with van der Waals surface area (Å²) in [5.74, 6) is 1.27. The van der Waals surface area contributed by atoms with Crippen LogP contribution in [0.15, 0.2) is 47.1 Å². The van der Waals surface area contributed by atoms with Crippen LogP contribution in [0.4, 0.5) is 0 Å². The van der Waals surface area contributed by atoms with Gasteiger partial charge in [-0.15, -0.1) is 11.3 Å². The highest BCUT2D eigenvalue weighted by Gasteiger charge is 2.24. The fourth-order valence-corrected chi connectivity index (χ4v) is 6.20. The van der Waals surface area contributed by atoms with E-state index in [0.29, 0.717) is 11.7 Å². The van der Waals surface area contributed by atoms with Crippen LogP contribution < -0.4 is 0 Å². The molecule has 0 aliphatic carbocycles. The number of amides is 1. The van der Waals surface area contributed by atoms with Crippen molar-refractivity contribution in [3.63, 3.8) is 0 Å². The smallest absolute Gasteiger partial charge is 0.233 e. The Morgan fingerprint density at radius 1 is 1.13 bits per heavy atom. The number of aromatic nitrogens is 3. The molecule has 5 nitrogen and oxygen atoms in total. The van der Waals surface area contributed by atoms with Crippen LogP contribution in [-0.2, 0) is 11.3 Å². The van der Waals surface area contributed by atoms with Gasteiger partial charge in [-0.3, -0.25) is 4.79 Å². The maximum Gasteiger partial charge on any atom is 0.233 e. The van der Waals surface area contributed by atoms with Crippen LogP contribution in [0.2, 0.25) is 0 Å². The largest absolute Gasteiger partial charge is 0.342 e. The molecule has 1 aliphatic heterocycles. The molecule has 1 fully saturated rings. The zero-order chi connectivity index (χ0) is 21.4. The van der Waals surface area contributed by atoms with Crippen molar-refractivity contribution in [1.82, 2.24) is 19.4 Å². The maximum atomic E-state index is 12.7. The number of thiazole rings is 1. The molecule has 2 aromatic heterocycles. The Hall–Kier alpha value is -2.38. The summed E-state index contributed by atoms with van der Waals surface area (Å²) in [6, 6.07) is 12.5. The van der Waals surface area contributed by atoms with E-state index in [9.17, 15) is 4.79 Å². The Morgan fingerprint density at radius 2 is 1.90 bits per heavy atom. The number of para-hydroxylation sites is 1. The highest BCUT2D eigenvalue weighted by atomic mass is 32.2. The van der Waals surface area contributed by atoms with Gasteiger partial charge in [0.1, 0.15) is 0 Å². The Morgan fingerprint density at radius 3 is 2.71 bits per heavy atom. The number of carbonyl (C=O) groups is 1. The fraction of sp³-hybridized carbons (Fsp3) is 0.375. The standard InChI is InChI=1S/C24H26N4OS2/c1-16-11-20-21(12-17(16)2)28(15-25-20)13-18-7-9-27(10-8-18)23(29)14-30-24-26-19-5-3-4-6-22(19)31-24/h3-6,11-12,15,18H,7-10,13-14H2,1-2H3. The van der Waals surface area contributed by atoms with Crippen LogP contribution in [0, 0.1) is 19.8 Å². The average Bonchev–Trinajstić information content (AvgIpc) is 3.37. The van der Waals surface area contributed by atoms with Crippen molar-refractivity contribution in [1.29, 1.82) is 0 Å². The number of carbonyl (C=O) groups excluding carboxylic acids is 1. The topological polar surface area (TPSA) is 51.0 Å². The van der Waals surface area contributed by atoms with E-state index < -0.39 is 0 Å². The zero-order valence-electron chi connectivity index (χ0n) is 17.9. The van der Waals surface area contributed by atoms with E-state index in [2.05, 4.69) is 46.6 Å². The lowest BCUT2D eigenvalue weighted by Gasteiger charge is -2.32. The van der Waals surface area contributed by atoms with Crippen molar-refractivity contribution in [2.45, 2.75) is 37.6 Å². The molecule has 1 amide bonds. The summed E-state index contributed by atoms with van der Waals surface area (Å²) < 4.78 is 4.44. The van der Waals surface area contributed by atoms with Crippen molar-refractivity contribution in [2.24, 2.45) is 5.92 Å². The predicted molar refractivity (Wildman–Crippen MR) is 129 cm³/mol. The van der Waals surface area contributed by atoms with Crippen molar-refractivity contribution in [2.75, 3.05) is 18.8 Å². The van der Waals surface area contributed by atoms with Gasteiger partial charge in [-0.2, -0.15) is 0 Å². The third-order valence-electron chi connectivity index (χ3n) is 6.25. The van der Waals surface area contributed by atoms with Crippen LogP contribution >= 0.6 is 23.1 Å². The summed E-state index contributed by atoms with van der Waals surface area (Å²) in [5.41, 5.74) is 5.89. The lowest BCUT2D eigenvalue weighted by atomic mass is 9.96. The van der Waals surface area contributed by atoms with E-state index in [4.69, 9.17) is 0 Å². The highest BCUT2D eigenvalue weighted by molar-refractivity contribution is 8.01. The van der Waals surface area contributed by atoms with Gasteiger partial charge in [-0.1, -0.05) is 23.9 Å². The monoisotopic (exact) mass is 450 g/mol. The second-order valence-corrected chi connectivity index (χ2v) is 10.6. The number of hydrogen-bond acceptors (Lipinski definition) is 5. The molecule has 2 aromatic carbocycles. The molecular weight excluding hydrogens is 424 g/mol. The average molecular weight is 451 g/mol. The van der Waals surface area contributed by atoms with Gasteiger partial charge in [0.25, 0.3) is 0 Å². The first-order valence-electron chi connectivity index (χ1n) is 10.7. The first-order valence-corrected chi connectivity index (χ1v) is 12.6. The number of likely N-dealkylation sites (tertiary alicyclic amines) is 1. The molecule has 0 saturated carbocycles. The molecule has 0 unspecified atom stereocenters. The Bertz CT molecular complexity index is 1200. The number of rotatable bonds is 5. The number of benzene rings is 2. The molecule has 0 bridgehead atoms. The van der Waals surface area contributed by atoms with Crippen molar-refractivity contribution < 1.29 is 4.79 Å². The number of hydrogen-bond donors (Lipinski definition) is 0. The van der Waals surface area contributed by atoms with Crippen LogP contribution in [0.1, 0.15) is 24.0 Å². The van der Waals surface area contributed by atoms with E-state index in [1.807, 2.05) is 29.4 Å². The molecule has 1 saturated heterocycles. The minimum absolute atomic E-state index is 0.224. The normalized spacial score (nSPS) is 15.2. The van der Waals surface area contributed by atoms with Gasteiger partial charge < -0.3 is 9.47 Å². The van der Waals surface area contributed by atoms with Gasteiger partial charge in [-0.25, -0.2) is 9.97 Å². The molecule has 0 radical (unpaired) electrons. The summed E-state index contributed by atoms with van der Waals surface area (Å²) in [6.07, 6.45) is 4.06. The summed E-state index contributed by atoms with van der Waals surface area (Å²) in [6.45, 7) is 6.95. The first kappa shape index (κ1) is 20.5. The van der Waals surface area contributed by atoms with Gasteiger partial charge in [0.2, 0.25) is 5.91 Å². The number of fused-ring (bicyclic) bond motifs is 2. The molecule has 4 aromatic rings. The second kappa shape index (κ2) is 8.63. The fourth-order valence-electron chi connectivity index (χ4n) is 4.23. The lowest BCUT2D eigenvalue weighted by Crippen LogP contribution is -2.40. The predicted octanol–water partition coefficient (Wildman–Crippen LogP) is 5.29. The van der Waals surface area contributed by atoms with Crippen molar-refractivity contribution >= 4 is 50.3 Å². The Labute approximate surface area is 190 Å². The van der Waals surface area contributed by atoms with Crippen molar-refractivity contribution in [3.8, 4) is 0 Å². The van der Waals surface area contributed by atoms with Gasteiger partial charge in [-0.05, 0) is 68.0 Å². The summed E-state index contributed by atoms with van der Waals surface area (Å²) in [5, 5.41) is 0. The molecule has 160 valence electrons. The minimum atomic E-state index is 0.224. The summed E-state index contributed by atoms with van der Waals surface area (Å²) >= 11 is 3.22. The molecule has 0 N–H and O–H groups in total. The SMILES string of the molecule is Cc1cc2ncn(CC3CCN(C(=O)CSc4nc5ccccc5s4)CC3)c2cc1C. The van der Waals surface area contributed by atoms with Gasteiger partial charge in [0, 0.05) is 19.6 Å². The first-order chi connectivity index (χ1) is 15.1. The van der Waals surface area contributed by atoms with E-state index >= 15 is 0 Å². The molecule has 1 aliphatic rings. The van der Waals surface area contributed by atoms with E-state index in [1.54, 1.807) is 23.1 Å². The molecule has 5 rings (SSSR count). The highest BCUT2D eigenvalue weighted by Crippen LogP contribution is 2.30. The van der Waals surface area contributed by atoms with Gasteiger partial charge in [0.05, 0.1) is 33.3 Å².